The largest absolute Gasteiger partial charge is 0.504 e. The second-order valence-corrected chi connectivity index (χ2v) is 13.1. The molecule has 0 amide bonds. The van der Waals surface area contributed by atoms with E-state index in [1.54, 1.807) is 0 Å². The number of rotatable bonds is 3. The standard InChI is InChI=1S/C46H28O6/c47-42-41(43(48)45(50)46(51)44(42)49)40-31-16-7-5-14-29(31)38(30-15-6-8-17-32(30)40)33-18-9-19-37-39(33)35-23-25(20-21-36(35)52-37)34-22-24-10-1-2-11-26(24)27-12-3-4-13-28(27)34/h1-23,47-51H. The third kappa shape index (κ3) is 4.06. The Hall–Kier alpha value is -7.18. The van der Waals surface area contributed by atoms with Crippen molar-refractivity contribution in [2.24, 2.45) is 0 Å². The maximum absolute atomic E-state index is 11.1. The van der Waals surface area contributed by atoms with E-state index in [4.69, 9.17) is 4.42 Å². The fraction of sp³-hybridized carbons (Fsp3) is 0. The van der Waals surface area contributed by atoms with Crippen LogP contribution in [-0.4, -0.2) is 25.5 Å². The highest BCUT2D eigenvalue weighted by molar-refractivity contribution is 6.26. The lowest BCUT2D eigenvalue weighted by molar-refractivity contribution is 0.330. The molecule has 52 heavy (non-hydrogen) atoms. The normalized spacial score (nSPS) is 11.8. The summed E-state index contributed by atoms with van der Waals surface area (Å²) in [6.45, 7) is 0. The molecule has 1 heterocycles. The van der Waals surface area contributed by atoms with Crippen molar-refractivity contribution in [2.75, 3.05) is 0 Å². The first-order valence-electron chi connectivity index (χ1n) is 16.9. The van der Waals surface area contributed by atoms with Gasteiger partial charge in [0.05, 0.1) is 5.56 Å². The van der Waals surface area contributed by atoms with Crippen molar-refractivity contribution in [1.29, 1.82) is 0 Å². The fourth-order valence-corrected chi connectivity index (χ4v) is 8.11. The fourth-order valence-electron chi connectivity index (χ4n) is 8.11. The lowest BCUT2D eigenvalue weighted by atomic mass is 9.84. The predicted octanol–water partition coefficient (Wildman–Crippen LogP) is 11.7. The van der Waals surface area contributed by atoms with Crippen LogP contribution in [-0.2, 0) is 0 Å². The van der Waals surface area contributed by atoms with Gasteiger partial charge in [-0.2, -0.15) is 0 Å². The Bertz CT molecular complexity index is 3050. The molecule has 0 aliphatic rings. The molecular weight excluding hydrogens is 649 g/mol. The van der Waals surface area contributed by atoms with E-state index in [0.717, 1.165) is 55.0 Å². The van der Waals surface area contributed by atoms with Gasteiger partial charge in [-0.1, -0.05) is 115 Å². The van der Waals surface area contributed by atoms with Crippen LogP contribution in [0.4, 0.5) is 0 Å². The number of hydrogen-bond acceptors (Lipinski definition) is 6. The molecule has 1 aromatic heterocycles. The molecular formula is C46H28O6. The quantitative estimate of drug-likeness (QED) is 0.0551. The van der Waals surface area contributed by atoms with E-state index >= 15 is 0 Å². The average molecular weight is 677 g/mol. The van der Waals surface area contributed by atoms with Crippen molar-refractivity contribution in [3.05, 3.63) is 140 Å². The van der Waals surface area contributed by atoms with Crippen LogP contribution in [0.5, 0.6) is 28.7 Å². The smallest absolute Gasteiger partial charge is 0.208 e. The maximum Gasteiger partial charge on any atom is 0.208 e. The van der Waals surface area contributed by atoms with Crippen molar-refractivity contribution in [1.82, 2.24) is 0 Å². The number of furan rings is 1. The summed E-state index contributed by atoms with van der Waals surface area (Å²) >= 11 is 0. The summed E-state index contributed by atoms with van der Waals surface area (Å²) in [5, 5.41) is 63.1. The lowest BCUT2D eigenvalue weighted by Crippen LogP contribution is -1.92. The molecule has 0 saturated carbocycles. The zero-order valence-electron chi connectivity index (χ0n) is 27.4. The van der Waals surface area contributed by atoms with Crippen molar-refractivity contribution < 1.29 is 29.9 Å². The zero-order valence-corrected chi connectivity index (χ0v) is 27.4. The van der Waals surface area contributed by atoms with Gasteiger partial charge in [0.2, 0.25) is 17.2 Å². The summed E-state index contributed by atoms with van der Waals surface area (Å²) < 4.78 is 6.50. The Kier molecular flexibility index (Phi) is 6.23. The molecule has 0 unspecified atom stereocenters. The van der Waals surface area contributed by atoms with E-state index in [2.05, 4.69) is 72.8 Å². The number of phenols is 5. The monoisotopic (exact) mass is 676 g/mol. The minimum Gasteiger partial charge on any atom is -0.504 e. The van der Waals surface area contributed by atoms with E-state index in [0.29, 0.717) is 16.3 Å². The van der Waals surface area contributed by atoms with Gasteiger partial charge in [-0.3, -0.25) is 0 Å². The van der Waals surface area contributed by atoms with E-state index in [-0.39, 0.29) is 5.56 Å². The first-order chi connectivity index (χ1) is 25.4. The third-order valence-electron chi connectivity index (χ3n) is 10.4. The van der Waals surface area contributed by atoms with Gasteiger partial charge in [-0.05, 0) is 89.6 Å². The Morgan fingerprint density at radius 2 is 0.865 bits per heavy atom. The van der Waals surface area contributed by atoms with Crippen molar-refractivity contribution in [2.45, 2.75) is 0 Å². The number of benzene rings is 9. The molecule has 0 atom stereocenters. The number of fused-ring (bicyclic) bond motifs is 8. The molecule has 5 N–H and O–H groups in total. The minimum absolute atomic E-state index is 0.189. The molecule has 9 aromatic carbocycles. The van der Waals surface area contributed by atoms with Crippen molar-refractivity contribution in [3.63, 3.8) is 0 Å². The van der Waals surface area contributed by atoms with Crippen LogP contribution in [0, 0.1) is 0 Å². The second-order valence-electron chi connectivity index (χ2n) is 13.1. The van der Waals surface area contributed by atoms with Crippen LogP contribution in [0.3, 0.4) is 0 Å². The SMILES string of the molecule is Oc1c(O)c(O)c(-c2c3ccccc3c(-c3cccc4oc5ccc(-c6cc7ccccc7c7ccccc67)cc5c34)c3ccccc23)c(O)c1O. The van der Waals surface area contributed by atoms with E-state index in [1.165, 1.54) is 21.5 Å². The molecule has 248 valence electrons. The van der Waals surface area contributed by atoms with Crippen LogP contribution >= 0.6 is 0 Å². The molecule has 0 saturated heterocycles. The van der Waals surface area contributed by atoms with Crippen LogP contribution < -0.4 is 0 Å². The Morgan fingerprint density at radius 1 is 0.327 bits per heavy atom. The molecule has 0 aliphatic heterocycles. The highest BCUT2D eigenvalue weighted by Gasteiger charge is 2.28. The summed E-state index contributed by atoms with van der Waals surface area (Å²) in [4.78, 5) is 0. The molecule has 6 nitrogen and oxygen atoms in total. The van der Waals surface area contributed by atoms with Crippen LogP contribution in [0.25, 0.3) is 98.4 Å². The van der Waals surface area contributed by atoms with Gasteiger partial charge < -0.3 is 29.9 Å². The van der Waals surface area contributed by atoms with Gasteiger partial charge in [-0.25, -0.2) is 0 Å². The molecule has 0 bridgehead atoms. The van der Waals surface area contributed by atoms with Crippen molar-refractivity contribution >= 4 is 65.0 Å². The van der Waals surface area contributed by atoms with E-state index in [1.807, 2.05) is 66.7 Å². The molecule has 0 aliphatic carbocycles. The average Bonchev–Trinajstić information content (AvgIpc) is 3.57. The van der Waals surface area contributed by atoms with E-state index < -0.39 is 28.7 Å². The molecule has 10 aromatic rings. The van der Waals surface area contributed by atoms with Crippen molar-refractivity contribution in [3.8, 4) is 62.1 Å². The maximum atomic E-state index is 11.1. The summed E-state index contributed by atoms with van der Waals surface area (Å²) in [5.74, 6) is -4.34. The highest BCUT2D eigenvalue weighted by Crippen LogP contribution is 2.58. The summed E-state index contributed by atoms with van der Waals surface area (Å²) in [7, 11) is 0. The Morgan fingerprint density at radius 3 is 1.52 bits per heavy atom. The molecule has 0 fully saturated rings. The lowest BCUT2D eigenvalue weighted by Gasteiger charge is -2.20. The first kappa shape index (κ1) is 29.7. The predicted molar refractivity (Wildman–Crippen MR) is 208 cm³/mol. The number of phenolic OH excluding ortho intramolecular Hbond substituents is 5. The molecule has 10 rings (SSSR count). The second kappa shape index (κ2) is 10.9. The van der Waals surface area contributed by atoms with Crippen LogP contribution in [0.15, 0.2) is 144 Å². The van der Waals surface area contributed by atoms with Crippen LogP contribution in [0.1, 0.15) is 0 Å². The third-order valence-corrected chi connectivity index (χ3v) is 10.4. The van der Waals surface area contributed by atoms with Gasteiger partial charge in [-0.15, -0.1) is 0 Å². The molecule has 0 spiro atoms. The zero-order chi connectivity index (χ0) is 35.2. The number of hydrogen-bond donors (Lipinski definition) is 5. The highest BCUT2D eigenvalue weighted by atomic mass is 16.4. The van der Waals surface area contributed by atoms with E-state index in [9.17, 15) is 25.5 Å². The summed E-state index contributed by atoms with van der Waals surface area (Å²) in [6.07, 6.45) is 0. The van der Waals surface area contributed by atoms with Gasteiger partial charge >= 0.3 is 0 Å². The van der Waals surface area contributed by atoms with Gasteiger partial charge in [0, 0.05) is 16.3 Å². The van der Waals surface area contributed by atoms with Gasteiger partial charge in [0.1, 0.15) is 11.2 Å². The summed E-state index contributed by atoms with van der Waals surface area (Å²) in [5.41, 5.74) is 5.73. The van der Waals surface area contributed by atoms with Crippen LogP contribution in [0.2, 0.25) is 0 Å². The molecule has 6 heteroatoms. The van der Waals surface area contributed by atoms with Gasteiger partial charge in [0.25, 0.3) is 0 Å². The number of aromatic hydroxyl groups is 5. The Labute approximate surface area is 295 Å². The molecule has 0 radical (unpaired) electrons. The first-order valence-corrected chi connectivity index (χ1v) is 16.9. The van der Waals surface area contributed by atoms with Gasteiger partial charge in [0.15, 0.2) is 11.5 Å². The summed E-state index contributed by atoms with van der Waals surface area (Å²) in [6, 6.07) is 46.8. The minimum atomic E-state index is -1.00. The Balaban J connectivity index is 1.30. The topological polar surface area (TPSA) is 114 Å².